The predicted octanol–water partition coefficient (Wildman–Crippen LogP) is 3.03. The molecule has 17 heavy (non-hydrogen) atoms. The number of nitrogens with two attached hydrogens (primary N) is 1. The summed E-state index contributed by atoms with van der Waals surface area (Å²) in [4.78, 5) is 0.862. The van der Waals surface area contributed by atoms with Gasteiger partial charge in [-0.2, -0.15) is 0 Å². The minimum absolute atomic E-state index is 0.211. The van der Waals surface area contributed by atoms with Crippen molar-refractivity contribution in [1.29, 1.82) is 0 Å². The number of nitrogen functional groups attached to an aromatic ring is 1. The summed E-state index contributed by atoms with van der Waals surface area (Å²) < 4.78 is 13.0. The van der Waals surface area contributed by atoms with Crippen molar-refractivity contribution in [3.63, 3.8) is 0 Å². The van der Waals surface area contributed by atoms with E-state index in [4.69, 9.17) is 5.73 Å². The Morgan fingerprint density at radius 2 is 2.29 bits per heavy atom. The summed E-state index contributed by atoms with van der Waals surface area (Å²) in [7, 11) is 0. The number of hydrogen-bond acceptors (Lipinski definition) is 3. The third-order valence-corrected chi connectivity index (χ3v) is 4.22. The SMILES string of the molecule is Nc1ccc(F)cc1SCCC1CCCCN1. The number of thioether (sulfide) groups is 1. The Hall–Kier alpha value is -0.740. The molecule has 0 aliphatic carbocycles. The lowest BCUT2D eigenvalue weighted by Crippen LogP contribution is -2.34. The van der Waals surface area contributed by atoms with Gasteiger partial charge in [-0.1, -0.05) is 6.42 Å². The smallest absolute Gasteiger partial charge is 0.124 e. The Kier molecular flexibility index (Phi) is 4.68. The summed E-state index contributed by atoms with van der Waals surface area (Å²) in [5, 5.41) is 3.51. The van der Waals surface area contributed by atoms with E-state index in [1.807, 2.05) is 0 Å². The average molecular weight is 254 g/mol. The molecule has 2 nitrogen and oxygen atoms in total. The van der Waals surface area contributed by atoms with Crippen molar-refractivity contribution >= 4 is 17.4 Å². The lowest BCUT2D eigenvalue weighted by atomic mass is 10.0. The second-order valence-electron chi connectivity index (χ2n) is 4.47. The zero-order valence-corrected chi connectivity index (χ0v) is 10.7. The van der Waals surface area contributed by atoms with Gasteiger partial charge in [-0.3, -0.25) is 0 Å². The van der Waals surface area contributed by atoms with Crippen molar-refractivity contribution in [3.8, 4) is 0 Å². The molecule has 1 fully saturated rings. The fourth-order valence-corrected chi connectivity index (χ4v) is 3.17. The molecule has 1 atom stereocenters. The minimum Gasteiger partial charge on any atom is -0.398 e. The third-order valence-electron chi connectivity index (χ3n) is 3.11. The van der Waals surface area contributed by atoms with Gasteiger partial charge in [0.15, 0.2) is 0 Å². The Morgan fingerprint density at radius 3 is 3.06 bits per heavy atom. The summed E-state index contributed by atoms with van der Waals surface area (Å²) in [6.07, 6.45) is 5.00. The Bertz CT molecular complexity index is 364. The second-order valence-corrected chi connectivity index (χ2v) is 5.60. The normalized spacial score (nSPS) is 20.4. The van der Waals surface area contributed by atoms with Crippen LogP contribution in [0.4, 0.5) is 10.1 Å². The van der Waals surface area contributed by atoms with Crippen LogP contribution in [0.5, 0.6) is 0 Å². The molecule has 4 heteroatoms. The molecular formula is C13H19FN2S. The van der Waals surface area contributed by atoms with Gasteiger partial charge in [-0.25, -0.2) is 4.39 Å². The van der Waals surface area contributed by atoms with Gasteiger partial charge >= 0.3 is 0 Å². The summed E-state index contributed by atoms with van der Waals surface area (Å²) >= 11 is 1.65. The molecule has 0 radical (unpaired) electrons. The third kappa shape index (κ3) is 3.89. The molecule has 2 rings (SSSR count). The van der Waals surface area contributed by atoms with Gasteiger partial charge in [0, 0.05) is 16.6 Å². The van der Waals surface area contributed by atoms with Crippen LogP contribution in [0.1, 0.15) is 25.7 Å². The molecule has 0 spiro atoms. The van der Waals surface area contributed by atoms with Crippen LogP contribution >= 0.6 is 11.8 Å². The first-order valence-electron chi connectivity index (χ1n) is 6.17. The summed E-state index contributed by atoms with van der Waals surface area (Å²) in [6, 6.07) is 5.19. The van der Waals surface area contributed by atoms with Crippen LogP contribution in [0.25, 0.3) is 0 Å². The molecule has 0 amide bonds. The highest BCUT2D eigenvalue weighted by molar-refractivity contribution is 7.99. The highest BCUT2D eigenvalue weighted by Gasteiger charge is 2.12. The molecule has 1 unspecified atom stereocenters. The molecule has 94 valence electrons. The number of benzene rings is 1. The molecule has 1 aliphatic heterocycles. The summed E-state index contributed by atoms with van der Waals surface area (Å²) in [5.74, 6) is 0.781. The van der Waals surface area contributed by atoms with E-state index < -0.39 is 0 Å². The summed E-state index contributed by atoms with van der Waals surface area (Å²) in [6.45, 7) is 1.14. The Labute approximate surface area is 106 Å². The molecule has 1 heterocycles. The molecule has 1 aromatic rings. The van der Waals surface area contributed by atoms with Crippen LogP contribution in [0.15, 0.2) is 23.1 Å². The van der Waals surface area contributed by atoms with Gasteiger partial charge in [0.25, 0.3) is 0 Å². The summed E-state index contributed by atoms with van der Waals surface area (Å²) in [5.41, 5.74) is 6.48. The molecule has 0 aromatic heterocycles. The van der Waals surface area contributed by atoms with Crippen LogP contribution in [-0.2, 0) is 0 Å². The van der Waals surface area contributed by atoms with Gasteiger partial charge in [0.1, 0.15) is 5.82 Å². The van der Waals surface area contributed by atoms with E-state index >= 15 is 0 Å². The first-order valence-corrected chi connectivity index (χ1v) is 7.15. The second kappa shape index (κ2) is 6.26. The molecule has 1 aromatic carbocycles. The first-order chi connectivity index (χ1) is 8.25. The monoisotopic (exact) mass is 254 g/mol. The van der Waals surface area contributed by atoms with Crippen molar-refractivity contribution in [2.24, 2.45) is 0 Å². The van der Waals surface area contributed by atoms with Gasteiger partial charge in [0.05, 0.1) is 0 Å². The van der Waals surface area contributed by atoms with Crippen LogP contribution in [0.3, 0.4) is 0 Å². The van der Waals surface area contributed by atoms with Gasteiger partial charge < -0.3 is 11.1 Å². The Morgan fingerprint density at radius 1 is 1.41 bits per heavy atom. The van der Waals surface area contributed by atoms with E-state index in [0.29, 0.717) is 11.7 Å². The fourth-order valence-electron chi connectivity index (χ4n) is 2.11. The van der Waals surface area contributed by atoms with E-state index in [-0.39, 0.29) is 5.82 Å². The highest BCUT2D eigenvalue weighted by atomic mass is 32.2. The van der Waals surface area contributed by atoms with Crippen LogP contribution in [0.2, 0.25) is 0 Å². The topological polar surface area (TPSA) is 38.0 Å². The van der Waals surface area contributed by atoms with Crippen LogP contribution < -0.4 is 11.1 Å². The zero-order chi connectivity index (χ0) is 12.1. The maximum absolute atomic E-state index is 13.0. The lowest BCUT2D eigenvalue weighted by Gasteiger charge is -2.23. The Balaban J connectivity index is 1.79. The van der Waals surface area contributed by atoms with Crippen molar-refractivity contribution in [1.82, 2.24) is 5.32 Å². The molecular weight excluding hydrogens is 235 g/mol. The molecule has 0 bridgehead atoms. The molecule has 1 saturated heterocycles. The van der Waals surface area contributed by atoms with Crippen LogP contribution in [-0.4, -0.2) is 18.3 Å². The number of nitrogens with one attached hydrogen (secondary N) is 1. The lowest BCUT2D eigenvalue weighted by molar-refractivity contribution is 0.395. The standard InChI is InChI=1S/C13H19FN2S/c14-10-4-5-12(15)13(9-10)17-8-6-11-3-1-2-7-16-11/h4-5,9,11,16H,1-3,6-8,15H2. The fraction of sp³-hybridized carbons (Fsp3) is 0.538. The molecule has 3 N–H and O–H groups in total. The van der Waals surface area contributed by atoms with Gasteiger partial charge in [-0.15, -0.1) is 11.8 Å². The highest BCUT2D eigenvalue weighted by Crippen LogP contribution is 2.27. The van der Waals surface area contributed by atoms with Gasteiger partial charge in [-0.05, 0) is 49.8 Å². The number of anilines is 1. The van der Waals surface area contributed by atoms with E-state index in [2.05, 4.69) is 5.32 Å². The maximum Gasteiger partial charge on any atom is 0.124 e. The van der Waals surface area contributed by atoms with E-state index in [0.717, 1.165) is 23.6 Å². The van der Waals surface area contributed by atoms with Gasteiger partial charge in [0.2, 0.25) is 0 Å². The predicted molar refractivity (Wildman–Crippen MR) is 71.8 cm³/mol. The van der Waals surface area contributed by atoms with Crippen molar-refractivity contribution in [2.45, 2.75) is 36.6 Å². The largest absolute Gasteiger partial charge is 0.398 e. The first kappa shape index (κ1) is 12.7. The minimum atomic E-state index is -0.211. The molecule has 1 aliphatic rings. The van der Waals surface area contributed by atoms with E-state index in [1.165, 1.54) is 31.4 Å². The van der Waals surface area contributed by atoms with E-state index in [9.17, 15) is 4.39 Å². The molecule has 0 saturated carbocycles. The number of rotatable bonds is 4. The van der Waals surface area contributed by atoms with Crippen LogP contribution in [0, 0.1) is 5.82 Å². The number of hydrogen-bond donors (Lipinski definition) is 2. The number of halogens is 1. The maximum atomic E-state index is 13.0. The van der Waals surface area contributed by atoms with Crippen molar-refractivity contribution in [3.05, 3.63) is 24.0 Å². The average Bonchev–Trinajstić information content (AvgIpc) is 2.35. The number of piperidine rings is 1. The zero-order valence-electron chi connectivity index (χ0n) is 9.92. The van der Waals surface area contributed by atoms with Crippen molar-refractivity contribution in [2.75, 3.05) is 18.0 Å². The van der Waals surface area contributed by atoms with Crippen molar-refractivity contribution < 1.29 is 4.39 Å². The quantitative estimate of drug-likeness (QED) is 0.640. The van der Waals surface area contributed by atoms with E-state index in [1.54, 1.807) is 17.8 Å².